The zero-order chi connectivity index (χ0) is 16.9. The van der Waals surface area contributed by atoms with Crippen LogP contribution in [0.5, 0.6) is 5.75 Å². The molecule has 1 aromatic heterocycles. The summed E-state index contributed by atoms with van der Waals surface area (Å²) < 4.78 is 5.18. The van der Waals surface area contributed by atoms with E-state index < -0.39 is 0 Å². The molecule has 24 heavy (non-hydrogen) atoms. The molecule has 2 aromatic rings. The SMILES string of the molecule is CCC(NC(=O)C1CC(c2ccc(OC)cc2)NN1)c1cccs1. The minimum Gasteiger partial charge on any atom is -0.497 e. The van der Waals surface area contributed by atoms with Crippen LogP contribution in [0.4, 0.5) is 0 Å². The highest BCUT2D eigenvalue weighted by molar-refractivity contribution is 7.10. The minimum atomic E-state index is -0.230. The number of carbonyl (C=O) groups is 1. The van der Waals surface area contributed by atoms with Crippen molar-refractivity contribution in [3.05, 3.63) is 52.2 Å². The molecule has 0 aliphatic carbocycles. The van der Waals surface area contributed by atoms with Crippen molar-refractivity contribution in [1.82, 2.24) is 16.2 Å². The number of ether oxygens (including phenoxy) is 1. The maximum Gasteiger partial charge on any atom is 0.239 e. The van der Waals surface area contributed by atoms with Gasteiger partial charge in [0.25, 0.3) is 0 Å². The smallest absolute Gasteiger partial charge is 0.239 e. The third-order valence-corrected chi connectivity index (χ3v) is 5.34. The molecule has 2 heterocycles. The molecule has 1 amide bonds. The van der Waals surface area contributed by atoms with Gasteiger partial charge in [0.15, 0.2) is 0 Å². The van der Waals surface area contributed by atoms with Crippen molar-refractivity contribution in [2.24, 2.45) is 0 Å². The van der Waals surface area contributed by atoms with Crippen LogP contribution < -0.4 is 20.9 Å². The molecular weight excluding hydrogens is 322 g/mol. The second kappa shape index (κ2) is 7.79. The van der Waals surface area contributed by atoms with E-state index in [2.05, 4.69) is 29.2 Å². The molecule has 3 unspecified atom stereocenters. The lowest BCUT2D eigenvalue weighted by molar-refractivity contribution is -0.123. The largest absolute Gasteiger partial charge is 0.497 e. The van der Waals surface area contributed by atoms with Gasteiger partial charge in [0, 0.05) is 10.9 Å². The molecule has 3 rings (SSSR count). The lowest BCUT2D eigenvalue weighted by atomic mass is 10.0. The number of nitrogens with one attached hydrogen (secondary N) is 3. The number of rotatable bonds is 6. The van der Waals surface area contributed by atoms with E-state index in [1.807, 2.05) is 35.7 Å². The van der Waals surface area contributed by atoms with Crippen molar-refractivity contribution in [3.63, 3.8) is 0 Å². The molecule has 1 saturated heterocycles. The van der Waals surface area contributed by atoms with E-state index >= 15 is 0 Å². The van der Waals surface area contributed by atoms with Crippen LogP contribution in [0.2, 0.25) is 0 Å². The van der Waals surface area contributed by atoms with Crippen LogP contribution in [-0.2, 0) is 4.79 Å². The van der Waals surface area contributed by atoms with E-state index in [0.29, 0.717) is 0 Å². The number of amides is 1. The Hall–Kier alpha value is -1.89. The van der Waals surface area contributed by atoms with E-state index in [1.165, 1.54) is 4.88 Å². The van der Waals surface area contributed by atoms with Crippen LogP contribution in [0.15, 0.2) is 41.8 Å². The molecule has 128 valence electrons. The number of hydrogen-bond acceptors (Lipinski definition) is 5. The molecule has 0 bridgehead atoms. The molecule has 1 fully saturated rings. The summed E-state index contributed by atoms with van der Waals surface area (Å²) in [4.78, 5) is 13.8. The van der Waals surface area contributed by atoms with Gasteiger partial charge in [-0.25, -0.2) is 10.9 Å². The first kappa shape index (κ1) is 17.0. The zero-order valence-electron chi connectivity index (χ0n) is 13.9. The standard InChI is InChI=1S/C18H23N3O2S/c1-3-14(17-5-4-10-24-17)19-18(22)16-11-15(20-21-16)12-6-8-13(23-2)9-7-12/h4-10,14-16,20-21H,3,11H2,1-2H3,(H,19,22). The van der Waals surface area contributed by atoms with E-state index in [4.69, 9.17) is 4.74 Å². The summed E-state index contributed by atoms with van der Waals surface area (Å²) in [5.74, 6) is 0.875. The first-order valence-electron chi connectivity index (χ1n) is 8.20. The summed E-state index contributed by atoms with van der Waals surface area (Å²) in [6.45, 7) is 2.09. The van der Waals surface area contributed by atoms with Crippen molar-refractivity contribution in [2.45, 2.75) is 37.9 Å². The summed E-state index contributed by atoms with van der Waals surface area (Å²) in [7, 11) is 1.66. The van der Waals surface area contributed by atoms with Gasteiger partial charge < -0.3 is 10.1 Å². The normalized spacial score (nSPS) is 21.4. The van der Waals surface area contributed by atoms with E-state index in [1.54, 1.807) is 18.4 Å². The number of thiophene rings is 1. The predicted molar refractivity (Wildman–Crippen MR) is 95.9 cm³/mol. The minimum absolute atomic E-state index is 0.0405. The second-order valence-electron chi connectivity index (χ2n) is 5.89. The molecule has 1 aliphatic heterocycles. The average Bonchev–Trinajstić information content (AvgIpc) is 3.31. The van der Waals surface area contributed by atoms with Gasteiger partial charge in [0.05, 0.1) is 13.2 Å². The Morgan fingerprint density at radius 3 is 2.75 bits per heavy atom. The van der Waals surface area contributed by atoms with Gasteiger partial charge in [0.1, 0.15) is 11.8 Å². The Morgan fingerprint density at radius 1 is 1.33 bits per heavy atom. The fourth-order valence-corrected chi connectivity index (χ4v) is 3.78. The fourth-order valence-electron chi connectivity index (χ4n) is 2.92. The van der Waals surface area contributed by atoms with Gasteiger partial charge in [-0.15, -0.1) is 11.3 Å². The van der Waals surface area contributed by atoms with Crippen LogP contribution in [-0.4, -0.2) is 19.1 Å². The van der Waals surface area contributed by atoms with E-state index in [9.17, 15) is 4.79 Å². The maximum absolute atomic E-state index is 12.6. The van der Waals surface area contributed by atoms with Crippen LogP contribution >= 0.6 is 11.3 Å². The Morgan fingerprint density at radius 2 is 2.12 bits per heavy atom. The number of benzene rings is 1. The van der Waals surface area contributed by atoms with Crippen LogP contribution in [0, 0.1) is 0 Å². The maximum atomic E-state index is 12.6. The molecule has 0 spiro atoms. The van der Waals surface area contributed by atoms with Gasteiger partial charge in [-0.1, -0.05) is 25.1 Å². The van der Waals surface area contributed by atoms with E-state index in [0.717, 1.165) is 24.2 Å². The molecule has 1 aromatic carbocycles. The summed E-state index contributed by atoms with van der Waals surface area (Å²) in [5, 5.41) is 5.19. The van der Waals surface area contributed by atoms with Gasteiger partial charge in [-0.3, -0.25) is 4.79 Å². The van der Waals surface area contributed by atoms with Gasteiger partial charge in [-0.05, 0) is 42.0 Å². The Labute approximate surface area is 146 Å². The summed E-state index contributed by atoms with van der Waals surface area (Å²) in [6.07, 6.45) is 1.60. The highest BCUT2D eigenvalue weighted by atomic mass is 32.1. The quantitative estimate of drug-likeness (QED) is 0.753. The van der Waals surface area contributed by atoms with E-state index in [-0.39, 0.29) is 24.0 Å². The second-order valence-corrected chi connectivity index (χ2v) is 6.87. The summed E-state index contributed by atoms with van der Waals surface area (Å²) in [6, 6.07) is 12.0. The molecule has 3 N–H and O–H groups in total. The predicted octanol–water partition coefficient (Wildman–Crippen LogP) is 2.93. The first-order chi connectivity index (χ1) is 11.7. The Balaban J connectivity index is 1.59. The van der Waals surface area contributed by atoms with Crippen LogP contribution in [0.1, 0.15) is 42.3 Å². The van der Waals surface area contributed by atoms with Crippen molar-refractivity contribution in [3.8, 4) is 5.75 Å². The lowest BCUT2D eigenvalue weighted by Gasteiger charge is -2.18. The first-order valence-corrected chi connectivity index (χ1v) is 9.08. The molecule has 3 atom stereocenters. The van der Waals surface area contributed by atoms with Gasteiger partial charge >= 0.3 is 0 Å². The monoisotopic (exact) mass is 345 g/mol. The topological polar surface area (TPSA) is 62.4 Å². The van der Waals surface area contributed by atoms with Crippen LogP contribution in [0.3, 0.4) is 0 Å². The van der Waals surface area contributed by atoms with Crippen molar-refractivity contribution >= 4 is 17.2 Å². The van der Waals surface area contributed by atoms with Crippen molar-refractivity contribution in [2.75, 3.05) is 7.11 Å². The lowest BCUT2D eigenvalue weighted by Crippen LogP contribution is -2.44. The average molecular weight is 345 g/mol. The molecule has 1 aliphatic rings. The van der Waals surface area contributed by atoms with Gasteiger partial charge in [-0.2, -0.15) is 0 Å². The number of hydrogen-bond donors (Lipinski definition) is 3. The molecule has 0 saturated carbocycles. The number of methoxy groups -OCH3 is 1. The number of carbonyl (C=O) groups excluding carboxylic acids is 1. The highest BCUT2D eigenvalue weighted by Crippen LogP contribution is 2.26. The van der Waals surface area contributed by atoms with Crippen molar-refractivity contribution in [1.29, 1.82) is 0 Å². The zero-order valence-corrected chi connectivity index (χ0v) is 14.7. The molecule has 6 heteroatoms. The third-order valence-electron chi connectivity index (χ3n) is 4.35. The Kier molecular flexibility index (Phi) is 5.50. The fraction of sp³-hybridized carbons (Fsp3) is 0.389. The summed E-state index contributed by atoms with van der Waals surface area (Å²) in [5.41, 5.74) is 7.48. The molecule has 0 radical (unpaired) electrons. The van der Waals surface area contributed by atoms with Crippen molar-refractivity contribution < 1.29 is 9.53 Å². The van der Waals surface area contributed by atoms with Crippen LogP contribution in [0.25, 0.3) is 0 Å². The third kappa shape index (κ3) is 3.77. The molecule has 5 nitrogen and oxygen atoms in total. The van der Waals surface area contributed by atoms with Gasteiger partial charge in [0.2, 0.25) is 5.91 Å². The molecular formula is C18H23N3O2S. The summed E-state index contributed by atoms with van der Waals surface area (Å²) >= 11 is 1.68. The Bertz CT molecular complexity index is 657. The highest BCUT2D eigenvalue weighted by Gasteiger charge is 2.31. The number of hydrazine groups is 1.